The smallest absolute Gasteiger partial charge is 0.348 e. The van der Waals surface area contributed by atoms with Crippen molar-refractivity contribution < 1.29 is 18.3 Å². The molecule has 0 spiro atoms. The zero-order chi connectivity index (χ0) is 17.5. The van der Waals surface area contributed by atoms with Crippen LogP contribution in [0.4, 0.5) is 0 Å². The lowest BCUT2D eigenvalue weighted by atomic mass is 10.2. The highest BCUT2D eigenvalue weighted by Crippen LogP contribution is 2.24. The SMILES string of the molecule is C#CCN(C)C=CC(CC)=C(C(=O)O)S(=O)(=O)c1ccccc1. The summed E-state index contributed by atoms with van der Waals surface area (Å²) in [6.45, 7) is 2.03. The van der Waals surface area contributed by atoms with E-state index in [1.54, 1.807) is 43.3 Å². The van der Waals surface area contributed by atoms with Gasteiger partial charge in [0, 0.05) is 7.05 Å². The van der Waals surface area contributed by atoms with Gasteiger partial charge in [0.05, 0.1) is 11.4 Å². The molecule has 0 amide bonds. The summed E-state index contributed by atoms with van der Waals surface area (Å²) in [5, 5.41) is 9.42. The van der Waals surface area contributed by atoms with E-state index in [0.29, 0.717) is 6.54 Å². The van der Waals surface area contributed by atoms with E-state index >= 15 is 0 Å². The zero-order valence-corrected chi connectivity index (χ0v) is 13.9. The van der Waals surface area contributed by atoms with E-state index in [4.69, 9.17) is 6.42 Å². The number of carbonyl (C=O) groups is 1. The summed E-state index contributed by atoms with van der Waals surface area (Å²) in [5.74, 6) is 0.964. The van der Waals surface area contributed by atoms with Crippen molar-refractivity contribution in [2.24, 2.45) is 0 Å². The first-order valence-electron chi connectivity index (χ1n) is 6.93. The number of hydrogen-bond donors (Lipinski definition) is 1. The molecule has 1 N–H and O–H groups in total. The molecule has 0 aliphatic rings. The summed E-state index contributed by atoms with van der Waals surface area (Å²) < 4.78 is 25.3. The molecule has 0 radical (unpaired) electrons. The van der Waals surface area contributed by atoms with Crippen LogP contribution in [0.15, 0.2) is 58.0 Å². The van der Waals surface area contributed by atoms with Crippen LogP contribution in [-0.2, 0) is 14.6 Å². The molecule has 1 aromatic rings. The number of sulfone groups is 1. The number of rotatable bonds is 7. The Bertz CT molecular complexity index is 756. The summed E-state index contributed by atoms with van der Waals surface area (Å²) in [6.07, 6.45) is 8.50. The molecule has 0 aromatic heterocycles. The molecule has 0 saturated carbocycles. The summed E-state index contributed by atoms with van der Waals surface area (Å²) in [5.41, 5.74) is 0.213. The number of aliphatic carboxylic acids is 1. The van der Waals surface area contributed by atoms with E-state index in [9.17, 15) is 18.3 Å². The molecular weight excluding hydrogens is 314 g/mol. The van der Waals surface area contributed by atoms with Gasteiger partial charge in [0.15, 0.2) is 4.91 Å². The van der Waals surface area contributed by atoms with Crippen LogP contribution in [-0.4, -0.2) is 38.0 Å². The molecule has 0 saturated heterocycles. The number of terminal acetylenes is 1. The first-order valence-corrected chi connectivity index (χ1v) is 8.41. The molecule has 0 unspecified atom stereocenters. The van der Waals surface area contributed by atoms with Crippen LogP contribution in [0.2, 0.25) is 0 Å². The highest BCUT2D eigenvalue weighted by atomic mass is 32.2. The van der Waals surface area contributed by atoms with Gasteiger partial charge in [-0.1, -0.05) is 31.0 Å². The van der Waals surface area contributed by atoms with Gasteiger partial charge in [-0.05, 0) is 36.4 Å². The monoisotopic (exact) mass is 333 g/mol. The summed E-state index contributed by atoms with van der Waals surface area (Å²) in [4.78, 5) is 12.6. The van der Waals surface area contributed by atoms with E-state index in [1.165, 1.54) is 18.2 Å². The summed E-state index contributed by atoms with van der Waals surface area (Å²) >= 11 is 0. The van der Waals surface area contributed by atoms with E-state index < -0.39 is 20.7 Å². The molecule has 1 rings (SSSR count). The minimum absolute atomic E-state index is 0.0475. The van der Waals surface area contributed by atoms with Crippen LogP contribution in [0.5, 0.6) is 0 Å². The lowest BCUT2D eigenvalue weighted by molar-refractivity contribution is -0.131. The Balaban J connectivity index is 3.43. The van der Waals surface area contributed by atoms with Gasteiger partial charge in [-0.3, -0.25) is 0 Å². The maximum Gasteiger partial charge on any atom is 0.348 e. The Morgan fingerprint density at radius 1 is 1.35 bits per heavy atom. The zero-order valence-electron chi connectivity index (χ0n) is 13.1. The normalized spacial score (nSPS) is 12.6. The van der Waals surface area contributed by atoms with E-state index in [2.05, 4.69) is 5.92 Å². The predicted molar refractivity (Wildman–Crippen MR) is 89.2 cm³/mol. The molecule has 23 heavy (non-hydrogen) atoms. The minimum Gasteiger partial charge on any atom is -0.477 e. The Morgan fingerprint density at radius 2 is 1.96 bits per heavy atom. The molecule has 0 aliphatic carbocycles. The predicted octanol–water partition coefficient (Wildman–Crippen LogP) is 2.29. The van der Waals surface area contributed by atoms with Gasteiger partial charge in [-0.15, -0.1) is 6.42 Å². The van der Waals surface area contributed by atoms with Gasteiger partial charge in [-0.25, -0.2) is 13.2 Å². The average Bonchev–Trinajstić information content (AvgIpc) is 2.51. The van der Waals surface area contributed by atoms with Crippen molar-refractivity contribution in [3.8, 4) is 12.3 Å². The van der Waals surface area contributed by atoms with Gasteiger partial charge in [0.1, 0.15) is 0 Å². The number of carboxylic acids is 1. The number of hydrogen-bond acceptors (Lipinski definition) is 4. The largest absolute Gasteiger partial charge is 0.477 e. The quantitative estimate of drug-likeness (QED) is 0.471. The van der Waals surface area contributed by atoms with Crippen LogP contribution in [0.25, 0.3) is 0 Å². The molecular formula is C17H19NO4S. The fourth-order valence-electron chi connectivity index (χ4n) is 1.91. The van der Waals surface area contributed by atoms with E-state index in [1.807, 2.05) is 0 Å². The van der Waals surface area contributed by atoms with Crippen LogP contribution < -0.4 is 0 Å². The van der Waals surface area contributed by atoms with Crippen LogP contribution in [0.1, 0.15) is 13.3 Å². The lowest BCUT2D eigenvalue weighted by Gasteiger charge is -2.12. The maximum absolute atomic E-state index is 12.6. The standard InChI is InChI=1S/C17H19NO4S/c1-4-12-18(3)13-11-14(5-2)16(17(19)20)23(21,22)15-9-7-6-8-10-15/h1,6-11,13H,5,12H2,2-3H3,(H,19,20). The van der Waals surface area contributed by atoms with Crippen molar-refractivity contribution in [1.29, 1.82) is 0 Å². The Morgan fingerprint density at radius 3 is 2.43 bits per heavy atom. The van der Waals surface area contributed by atoms with Crippen molar-refractivity contribution in [2.45, 2.75) is 18.2 Å². The molecule has 6 heteroatoms. The number of benzene rings is 1. The highest BCUT2D eigenvalue weighted by molar-refractivity contribution is 7.96. The summed E-state index contributed by atoms with van der Waals surface area (Å²) in [6, 6.07) is 7.51. The third kappa shape index (κ3) is 4.73. The molecule has 1 aromatic carbocycles. The van der Waals surface area contributed by atoms with Crippen molar-refractivity contribution >= 4 is 15.8 Å². The van der Waals surface area contributed by atoms with Crippen molar-refractivity contribution in [3.05, 3.63) is 53.1 Å². The first-order chi connectivity index (χ1) is 10.8. The third-order valence-corrected chi connectivity index (χ3v) is 4.93. The van der Waals surface area contributed by atoms with Gasteiger partial charge in [-0.2, -0.15) is 0 Å². The number of allylic oxidation sites excluding steroid dienone is 2. The second kappa shape index (κ2) is 8.20. The molecule has 0 aliphatic heterocycles. The summed E-state index contributed by atoms with van der Waals surface area (Å²) in [7, 11) is -2.38. The Labute approximate surface area is 136 Å². The van der Waals surface area contributed by atoms with Gasteiger partial charge in [0.25, 0.3) is 0 Å². The first kappa shape index (κ1) is 18.5. The maximum atomic E-state index is 12.6. The minimum atomic E-state index is -4.10. The fourth-order valence-corrected chi connectivity index (χ4v) is 3.45. The molecule has 5 nitrogen and oxygen atoms in total. The molecule has 0 bridgehead atoms. The fraction of sp³-hybridized carbons (Fsp3) is 0.235. The number of carboxylic acid groups (broad SMARTS) is 1. The molecule has 0 heterocycles. The van der Waals surface area contributed by atoms with Crippen molar-refractivity contribution in [1.82, 2.24) is 4.90 Å². The van der Waals surface area contributed by atoms with Gasteiger partial charge in [0.2, 0.25) is 9.84 Å². The van der Waals surface area contributed by atoms with Gasteiger partial charge < -0.3 is 10.0 Å². The van der Waals surface area contributed by atoms with E-state index in [0.717, 1.165) is 0 Å². The highest BCUT2D eigenvalue weighted by Gasteiger charge is 2.29. The average molecular weight is 333 g/mol. The second-order valence-electron chi connectivity index (χ2n) is 4.76. The topological polar surface area (TPSA) is 74.7 Å². The molecule has 0 fully saturated rings. The third-order valence-electron chi connectivity index (χ3n) is 3.06. The van der Waals surface area contributed by atoms with E-state index in [-0.39, 0.29) is 16.9 Å². The Hall–Kier alpha value is -2.52. The van der Waals surface area contributed by atoms with Crippen LogP contribution in [0.3, 0.4) is 0 Å². The van der Waals surface area contributed by atoms with Crippen molar-refractivity contribution in [2.75, 3.05) is 13.6 Å². The van der Waals surface area contributed by atoms with Crippen LogP contribution >= 0.6 is 0 Å². The lowest BCUT2D eigenvalue weighted by Crippen LogP contribution is -2.16. The second-order valence-corrected chi connectivity index (χ2v) is 6.65. The van der Waals surface area contributed by atoms with Crippen LogP contribution in [0, 0.1) is 12.3 Å². The Kier molecular flexibility index (Phi) is 6.61. The molecule has 122 valence electrons. The van der Waals surface area contributed by atoms with Gasteiger partial charge >= 0.3 is 5.97 Å². The van der Waals surface area contributed by atoms with Crippen molar-refractivity contribution in [3.63, 3.8) is 0 Å². The molecule has 0 atom stereocenters. The number of nitrogens with zero attached hydrogens (tertiary/aromatic N) is 1.